The van der Waals surface area contributed by atoms with Crippen LogP contribution in [-0.4, -0.2) is 41.1 Å². The van der Waals surface area contributed by atoms with Crippen LogP contribution in [0.4, 0.5) is 5.82 Å². The van der Waals surface area contributed by atoms with Crippen molar-refractivity contribution in [3.8, 4) is 0 Å². The van der Waals surface area contributed by atoms with Gasteiger partial charge in [-0.25, -0.2) is 4.98 Å². The highest BCUT2D eigenvalue weighted by molar-refractivity contribution is 7.99. The van der Waals surface area contributed by atoms with Gasteiger partial charge in [0.25, 0.3) is 0 Å². The zero-order valence-electron chi connectivity index (χ0n) is 10.4. The number of hydrogen-bond donors (Lipinski definition) is 1. The fourth-order valence-electron chi connectivity index (χ4n) is 1.86. The molecule has 17 heavy (non-hydrogen) atoms. The zero-order valence-corrected chi connectivity index (χ0v) is 11.2. The molecule has 0 atom stereocenters. The maximum Gasteiger partial charge on any atom is 0.147 e. The third kappa shape index (κ3) is 3.85. The first-order valence-corrected chi connectivity index (χ1v) is 7.40. The van der Waals surface area contributed by atoms with Gasteiger partial charge in [0.1, 0.15) is 5.82 Å². The Hall–Kier alpha value is -0.810. The molecule has 1 aliphatic rings. The van der Waals surface area contributed by atoms with E-state index in [-0.39, 0.29) is 0 Å². The lowest BCUT2D eigenvalue weighted by atomic mass is 10.4. The van der Waals surface area contributed by atoms with Crippen LogP contribution in [0.15, 0.2) is 12.4 Å². The van der Waals surface area contributed by atoms with Crippen molar-refractivity contribution in [1.29, 1.82) is 0 Å². The van der Waals surface area contributed by atoms with Crippen molar-refractivity contribution in [2.75, 3.05) is 36.0 Å². The molecule has 1 aromatic rings. The van der Waals surface area contributed by atoms with Crippen LogP contribution in [0.2, 0.25) is 0 Å². The molecule has 2 heterocycles. The summed E-state index contributed by atoms with van der Waals surface area (Å²) < 4.78 is 0. The predicted octanol–water partition coefficient (Wildman–Crippen LogP) is 1.53. The summed E-state index contributed by atoms with van der Waals surface area (Å²) in [5.74, 6) is 3.49. The molecule has 0 radical (unpaired) electrons. The Morgan fingerprint density at radius 1 is 1.35 bits per heavy atom. The normalized spacial score (nSPS) is 16.9. The molecule has 0 spiro atoms. The highest BCUT2D eigenvalue weighted by Gasteiger charge is 2.11. The summed E-state index contributed by atoms with van der Waals surface area (Å²) >= 11 is 2.03. The molecule has 94 valence electrons. The van der Waals surface area contributed by atoms with Crippen molar-refractivity contribution in [3.05, 3.63) is 18.1 Å². The van der Waals surface area contributed by atoms with E-state index < -0.39 is 0 Å². The SMILES string of the molecule is CCNCc1cncc(N2CCCSCC2)n1. The molecule has 1 N–H and O–H groups in total. The minimum atomic E-state index is 0.805. The van der Waals surface area contributed by atoms with Crippen molar-refractivity contribution in [1.82, 2.24) is 15.3 Å². The Morgan fingerprint density at radius 2 is 2.29 bits per heavy atom. The highest BCUT2D eigenvalue weighted by Crippen LogP contribution is 2.16. The molecule has 0 aliphatic carbocycles. The lowest BCUT2D eigenvalue weighted by Crippen LogP contribution is -2.27. The van der Waals surface area contributed by atoms with Gasteiger partial charge in [0.2, 0.25) is 0 Å². The van der Waals surface area contributed by atoms with Crippen molar-refractivity contribution in [3.63, 3.8) is 0 Å². The quantitative estimate of drug-likeness (QED) is 0.880. The fourth-order valence-corrected chi connectivity index (χ4v) is 2.75. The number of nitrogens with zero attached hydrogens (tertiary/aromatic N) is 3. The summed E-state index contributed by atoms with van der Waals surface area (Å²) in [5.41, 5.74) is 1.03. The van der Waals surface area contributed by atoms with E-state index in [0.29, 0.717) is 0 Å². The minimum absolute atomic E-state index is 0.805. The van der Waals surface area contributed by atoms with Gasteiger partial charge in [0.15, 0.2) is 0 Å². The smallest absolute Gasteiger partial charge is 0.147 e. The zero-order chi connectivity index (χ0) is 11.9. The molecule has 5 heteroatoms. The number of anilines is 1. The third-order valence-corrected chi connectivity index (χ3v) is 3.82. The van der Waals surface area contributed by atoms with E-state index in [4.69, 9.17) is 0 Å². The molecule has 0 amide bonds. The standard InChI is InChI=1S/C12H20N4S/c1-2-13-8-11-9-14-10-12(15-11)16-4-3-6-17-7-5-16/h9-10,13H,2-8H2,1H3. The molecule has 0 aromatic carbocycles. The Labute approximate surface area is 107 Å². The maximum absolute atomic E-state index is 4.67. The van der Waals surface area contributed by atoms with E-state index in [1.807, 2.05) is 24.2 Å². The second-order valence-electron chi connectivity index (χ2n) is 4.10. The van der Waals surface area contributed by atoms with Crippen LogP contribution in [0.1, 0.15) is 19.0 Å². The van der Waals surface area contributed by atoms with Crippen LogP contribution in [0.5, 0.6) is 0 Å². The van der Waals surface area contributed by atoms with Gasteiger partial charge in [-0.2, -0.15) is 11.8 Å². The van der Waals surface area contributed by atoms with Crippen LogP contribution in [0.3, 0.4) is 0 Å². The van der Waals surface area contributed by atoms with Crippen LogP contribution < -0.4 is 10.2 Å². The molecule has 4 nitrogen and oxygen atoms in total. The Morgan fingerprint density at radius 3 is 3.18 bits per heavy atom. The molecule has 2 rings (SSSR count). The van der Waals surface area contributed by atoms with Gasteiger partial charge in [0, 0.05) is 31.6 Å². The molecule has 0 bridgehead atoms. The van der Waals surface area contributed by atoms with Crippen molar-refractivity contribution >= 4 is 17.6 Å². The Bertz CT molecular complexity index is 337. The molecule has 1 saturated heterocycles. The van der Waals surface area contributed by atoms with E-state index in [2.05, 4.69) is 27.1 Å². The summed E-state index contributed by atoms with van der Waals surface area (Å²) in [6.07, 6.45) is 4.97. The maximum atomic E-state index is 4.67. The number of aromatic nitrogens is 2. The van der Waals surface area contributed by atoms with Crippen molar-refractivity contribution in [2.45, 2.75) is 19.9 Å². The number of hydrogen-bond acceptors (Lipinski definition) is 5. The Kier molecular flexibility index (Phi) is 5.07. The molecule has 1 aliphatic heterocycles. The van der Waals surface area contributed by atoms with E-state index in [0.717, 1.165) is 37.7 Å². The summed E-state index contributed by atoms with van der Waals surface area (Å²) in [5, 5.41) is 3.28. The average Bonchev–Trinajstić information content (AvgIpc) is 2.65. The monoisotopic (exact) mass is 252 g/mol. The third-order valence-electron chi connectivity index (χ3n) is 2.77. The summed E-state index contributed by atoms with van der Waals surface area (Å²) in [6, 6.07) is 0. The topological polar surface area (TPSA) is 41.1 Å². The van der Waals surface area contributed by atoms with Gasteiger partial charge in [0.05, 0.1) is 11.9 Å². The van der Waals surface area contributed by atoms with Crippen LogP contribution in [-0.2, 0) is 6.54 Å². The lowest BCUT2D eigenvalue weighted by molar-refractivity contribution is 0.701. The van der Waals surface area contributed by atoms with Crippen molar-refractivity contribution in [2.24, 2.45) is 0 Å². The van der Waals surface area contributed by atoms with Gasteiger partial charge >= 0.3 is 0 Å². The van der Waals surface area contributed by atoms with E-state index in [9.17, 15) is 0 Å². The second kappa shape index (κ2) is 6.81. The van der Waals surface area contributed by atoms with E-state index in [1.54, 1.807) is 0 Å². The van der Waals surface area contributed by atoms with Crippen LogP contribution in [0, 0.1) is 0 Å². The molecule has 0 unspecified atom stereocenters. The first-order valence-electron chi connectivity index (χ1n) is 6.24. The lowest BCUT2D eigenvalue weighted by Gasteiger charge is -2.21. The fraction of sp³-hybridized carbons (Fsp3) is 0.667. The number of thioether (sulfide) groups is 1. The first-order chi connectivity index (χ1) is 8.40. The van der Waals surface area contributed by atoms with Gasteiger partial charge in [-0.05, 0) is 18.7 Å². The average molecular weight is 252 g/mol. The van der Waals surface area contributed by atoms with Crippen molar-refractivity contribution < 1.29 is 0 Å². The Balaban J connectivity index is 2.03. The van der Waals surface area contributed by atoms with Gasteiger partial charge < -0.3 is 10.2 Å². The predicted molar refractivity (Wildman–Crippen MR) is 73.6 cm³/mol. The van der Waals surface area contributed by atoms with Gasteiger partial charge in [-0.1, -0.05) is 6.92 Å². The largest absolute Gasteiger partial charge is 0.354 e. The van der Waals surface area contributed by atoms with E-state index in [1.165, 1.54) is 17.9 Å². The van der Waals surface area contributed by atoms with Crippen LogP contribution in [0.25, 0.3) is 0 Å². The first kappa shape index (κ1) is 12.6. The van der Waals surface area contributed by atoms with E-state index >= 15 is 0 Å². The van der Waals surface area contributed by atoms with Gasteiger partial charge in [-0.3, -0.25) is 4.98 Å². The minimum Gasteiger partial charge on any atom is -0.354 e. The highest BCUT2D eigenvalue weighted by atomic mass is 32.2. The molecular formula is C12H20N4S. The second-order valence-corrected chi connectivity index (χ2v) is 5.33. The summed E-state index contributed by atoms with van der Waals surface area (Å²) in [6.45, 7) is 6.06. The molecule has 1 aromatic heterocycles. The molecule has 1 fully saturated rings. The number of rotatable bonds is 4. The summed E-state index contributed by atoms with van der Waals surface area (Å²) in [7, 11) is 0. The molecular weight excluding hydrogens is 232 g/mol. The molecule has 0 saturated carbocycles. The summed E-state index contributed by atoms with van der Waals surface area (Å²) in [4.78, 5) is 11.3. The van der Waals surface area contributed by atoms with Gasteiger partial charge in [-0.15, -0.1) is 0 Å². The van der Waals surface area contributed by atoms with Crippen LogP contribution >= 0.6 is 11.8 Å². The number of nitrogens with one attached hydrogen (secondary N) is 1.